The molecule has 1 heterocycles. The molecule has 2 rings (SSSR count). The number of aliphatic hydroxyl groups is 1. The first-order valence-electron chi connectivity index (χ1n) is 9.01. The summed E-state index contributed by atoms with van der Waals surface area (Å²) >= 11 is 0. The third-order valence-corrected chi connectivity index (χ3v) is 5.43. The first-order valence-corrected chi connectivity index (χ1v) is 9.01. The average molecular weight is 334 g/mol. The van der Waals surface area contributed by atoms with Gasteiger partial charge in [0.1, 0.15) is 11.9 Å². The van der Waals surface area contributed by atoms with Gasteiger partial charge in [-0.1, -0.05) is 25.2 Å². The van der Waals surface area contributed by atoms with Crippen LogP contribution in [0.4, 0.5) is 0 Å². The fraction of sp³-hybridized carbons (Fsp3) is 0.700. The van der Waals surface area contributed by atoms with Crippen molar-refractivity contribution in [3.8, 4) is 0 Å². The first kappa shape index (κ1) is 18.9. The Hall–Kier alpha value is -1.42. The molecule has 2 bridgehead atoms. The molecule has 24 heavy (non-hydrogen) atoms. The van der Waals surface area contributed by atoms with Crippen molar-refractivity contribution in [3.63, 3.8) is 0 Å². The minimum Gasteiger partial charge on any atom is -0.456 e. The highest BCUT2D eigenvalue weighted by molar-refractivity contribution is 5.98. The summed E-state index contributed by atoms with van der Waals surface area (Å²) in [6.45, 7) is 9.65. The minimum atomic E-state index is -1.14. The van der Waals surface area contributed by atoms with Crippen molar-refractivity contribution >= 4 is 11.8 Å². The molecule has 1 saturated heterocycles. The van der Waals surface area contributed by atoms with Crippen LogP contribution < -0.4 is 0 Å². The summed E-state index contributed by atoms with van der Waals surface area (Å²) in [4.78, 5) is 24.8. The molecule has 134 valence electrons. The lowest BCUT2D eigenvalue weighted by molar-refractivity contribution is -0.169. The van der Waals surface area contributed by atoms with Gasteiger partial charge in [0.2, 0.25) is 0 Å². The second kappa shape index (κ2) is 7.64. The summed E-state index contributed by atoms with van der Waals surface area (Å²) in [5, 5.41) is 10.8. The largest absolute Gasteiger partial charge is 0.456 e. The molecule has 4 unspecified atom stereocenters. The number of hydrogen-bond acceptors (Lipinski definition) is 4. The van der Waals surface area contributed by atoms with Crippen molar-refractivity contribution in [1.82, 2.24) is 0 Å². The third-order valence-electron chi connectivity index (χ3n) is 5.43. The SMILES string of the molecule is C=C1C(=O)OC2CC1C(=O)CC(C)CCCC(C)=CCCC2(C)O. The highest BCUT2D eigenvalue weighted by Gasteiger charge is 2.44. The van der Waals surface area contributed by atoms with Gasteiger partial charge in [-0.2, -0.15) is 0 Å². The van der Waals surface area contributed by atoms with Gasteiger partial charge in [0.25, 0.3) is 0 Å². The van der Waals surface area contributed by atoms with Crippen LogP contribution in [0.2, 0.25) is 0 Å². The Balaban J connectivity index is 2.25. The Morgan fingerprint density at radius 2 is 2.08 bits per heavy atom. The van der Waals surface area contributed by atoms with Gasteiger partial charge in [0.15, 0.2) is 0 Å². The lowest BCUT2D eigenvalue weighted by atomic mass is 9.78. The third kappa shape index (κ3) is 4.56. The number of rotatable bonds is 0. The van der Waals surface area contributed by atoms with E-state index in [-0.39, 0.29) is 17.3 Å². The summed E-state index contributed by atoms with van der Waals surface area (Å²) in [5.74, 6) is -0.728. The molecular weight excluding hydrogens is 304 g/mol. The van der Waals surface area contributed by atoms with Gasteiger partial charge in [-0.3, -0.25) is 4.79 Å². The molecule has 4 nitrogen and oxygen atoms in total. The van der Waals surface area contributed by atoms with Crippen molar-refractivity contribution < 1.29 is 19.4 Å². The number of ether oxygens (including phenoxy) is 1. The monoisotopic (exact) mass is 334 g/mol. The zero-order valence-corrected chi connectivity index (χ0v) is 15.1. The standard InChI is InChI=1S/C20H30O4/c1-13-7-5-8-14(2)11-17(21)16-12-18(24-19(22)15(16)3)20(4,23)10-6-9-13/h9,14,16,18,23H,3,5-8,10-12H2,1-2,4H3. The Kier molecular flexibility index (Phi) is 6.02. The van der Waals surface area contributed by atoms with Crippen LogP contribution >= 0.6 is 0 Å². The van der Waals surface area contributed by atoms with Crippen LogP contribution in [0, 0.1) is 11.8 Å². The number of allylic oxidation sites excluding steroid dienone is 2. The zero-order chi connectivity index (χ0) is 17.9. The van der Waals surface area contributed by atoms with Crippen LogP contribution in [0.25, 0.3) is 0 Å². The van der Waals surface area contributed by atoms with Crippen molar-refractivity contribution in [2.24, 2.45) is 11.8 Å². The maximum absolute atomic E-state index is 12.7. The molecule has 1 N–H and O–H groups in total. The summed E-state index contributed by atoms with van der Waals surface area (Å²) in [7, 11) is 0. The van der Waals surface area contributed by atoms with Crippen molar-refractivity contribution in [3.05, 3.63) is 23.8 Å². The van der Waals surface area contributed by atoms with Gasteiger partial charge in [-0.15, -0.1) is 0 Å². The maximum atomic E-state index is 12.7. The Morgan fingerprint density at radius 3 is 2.79 bits per heavy atom. The number of hydrogen-bond donors (Lipinski definition) is 1. The van der Waals surface area contributed by atoms with E-state index in [9.17, 15) is 14.7 Å². The van der Waals surface area contributed by atoms with E-state index >= 15 is 0 Å². The van der Waals surface area contributed by atoms with Gasteiger partial charge in [-0.25, -0.2) is 4.79 Å². The quantitative estimate of drug-likeness (QED) is 0.416. The van der Waals surface area contributed by atoms with E-state index in [2.05, 4.69) is 26.5 Å². The van der Waals surface area contributed by atoms with Gasteiger partial charge >= 0.3 is 5.97 Å². The van der Waals surface area contributed by atoms with Gasteiger partial charge in [0, 0.05) is 18.4 Å². The van der Waals surface area contributed by atoms with Crippen LogP contribution in [-0.4, -0.2) is 28.6 Å². The summed E-state index contributed by atoms with van der Waals surface area (Å²) in [6.07, 6.45) is 6.63. The molecule has 1 fully saturated rings. The van der Waals surface area contributed by atoms with Crippen LogP contribution in [0.1, 0.15) is 65.7 Å². The second-order valence-corrected chi connectivity index (χ2v) is 7.82. The Morgan fingerprint density at radius 1 is 1.38 bits per heavy atom. The topological polar surface area (TPSA) is 63.6 Å². The van der Waals surface area contributed by atoms with E-state index in [4.69, 9.17) is 4.74 Å². The number of esters is 1. The molecule has 0 aromatic carbocycles. The normalized spacial score (nSPS) is 36.6. The van der Waals surface area contributed by atoms with Crippen LogP contribution in [0.5, 0.6) is 0 Å². The first-order chi connectivity index (χ1) is 11.2. The molecule has 0 aromatic heterocycles. The Labute approximate surface area is 145 Å². The molecule has 1 aliphatic carbocycles. The van der Waals surface area contributed by atoms with Crippen LogP contribution in [0.3, 0.4) is 0 Å². The molecule has 1 aliphatic heterocycles. The van der Waals surface area contributed by atoms with E-state index in [0.29, 0.717) is 19.3 Å². The van der Waals surface area contributed by atoms with E-state index < -0.39 is 23.6 Å². The summed E-state index contributed by atoms with van der Waals surface area (Å²) in [5.41, 5.74) is 0.414. The van der Waals surface area contributed by atoms with Gasteiger partial charge in [0.05, 0.1) is 11.5 Å². The maximum Gasteiger partial charge on any atom is 0.334 e. The lowest BCUT2D eigenvalue weighted by Gasteiger charge is -2.38. The van der Waals surface area contributed by atoms with Gasteiger partial charge in [-0.05, 0) is 51.9 Å². The zero-order valence-electron chi connectivity index (χ0n) is 15.1. The number of ketones is 1. The highest BCUT2D eigenvalue weighted by atomic mass is 16.6. The molecule has 0 radical (unpaired) electrons. The second-order valence-electron chi connectivity index (χ2n) is 7.82. The molecule has 0 aromatic rings. The summed E-state index contributed by atoms with van der Waals surface area (Å²) in [6, 6.07) is 0. The predicted molar refractivity (Wildman–Crippen MR) is 93.4 cm³/mol. The van der Waals surface area contributed by atoms with Crippen LogP contribution in [-0.2, 0) is 14.3 Å². The van der Waals surface area contributed by atoms with E-state index in [1.165, 1.54) is 5.57 Å². The molecule has 0 saturated carbocycles. The molecule has 2 aliphatic rings. The number of fused-ring (bicyclic) bond motifs is 2. The average Bonchev–Trinajstić information content (AvgIpc) is 2.48. The van der Waals surface area contributed by atoms with Crippen LogP contribution in [0.15, 0.2) is 23.8 Å². The van der Waals surface area contributed by atoms with Crippen molar-refractivity contribution in [2.75, 3.05) is 0 Å². The van der Waals surface area contributed by atoms with Gasteiger partial charge < -0.3 is 9.84 Å². The predicted octanol–water partition coefficient (Wildman–Crippen LogP) is 3.73. The summed E-state index contributed by atoms with van der Waals surface area (Å²) < 4.78 is 5.39. The number of carbonyl (C=O) groups is 2. The van der Waals surface area contributed by atoms with Crippen molar-refractivity contribution in [1.29, 1.82) is 0 Å². The van der Waals surface area contributed by atoms with E-state index in [0.717, 1.165) is 25.7 Å². The highest BCUT2D eigenvalue weighted by Crippen LogP contribution is 2.35. The molecule has 4 heteroatoms. The van der Waals surface area contributed by atoms with E-state index in [1.807, 2.05) is 0 Å². The minimum absolute atomic E-state index is 0.0503. The molecule has 4 atom stereocenters. The smallest absolute Gasteiger partial charge is 0.334 e. The Bertz CT molecular complexity index is 544. The lowest BCUT2D eigenvalue weighted by Crippen LogP contribution is -2.48. The number of carbonyl (C=O) groups excluding carboxylic acids is 2. The molecule has 0 spiro atoms. The fourth-order valence-electron chi connectivity index (χ4n) is 3.65. The molecular formula is C20H30O4. The molecule has 0 amide bonds. The van der Waals surface area contributed by atoms with Crippen molar-refractivity contribution in [2.45, 2.75) is 77.4 Å². The number of Topliss-reactive ketones (excluding diaryl/α,β-unsaturated/α-hetero) is 1. The van der Waals surface area contributed by atoms with E-state index in [1.54, 1.807) is 6.92 Å². The fourth-order valence-corrected chi connectivity index (χ4v) is 3.65.